The third-order valence-electron chi connectivity index (χ3n) is 5.46. The van der Waals surface area contributed by atoms with Gasteiger partial charge in [-0.05, 0) is 63.4 Å². The fourth-order valence-electron chi connectivity index (χ4n) is 3.82. The third kappa shape index (κ3) is 4.93. The Morgan fingerprint density at radius 2 is 1.91 bits per heavy atom. The van der Waals surface area contributed by atoms with E-state index in [1.54, 1.807) is 39.0 Å². The highest BCUT2D eigenvalue weighted by molar-refractivity contribution is 5.97. The van der Waals surface area contributed by atoms with Crippen LogP contribution in [0.25, 0.3) is 0 Å². The molecule has 2 aliphatic heterocycles. The highest BCUT2D eigenvalue weighted by atomic mass is 19.1. The minimum absolute atomic E-state index is 0.172. The van der Waals surface area contributed by atoms with Crippen molar-refractivity contribution >= 4 is 17.7 Å². The van der Waals surface area contributed by atoms with Gasteiger partial charge in [0.25, 0.3) is 5.91 Å². The van der Waals surface area contributed by atoms with Gasteiger partial charge in [0.2, 0.25) is 5.88 Å². The van der Waals surface area contributed by atoms with Gasteiger partial charge in [-0.3, -0.25) is 9.69 Å². The van der Waals surface area contributed by atoms with Crippen LogP contribution in [-0.4, -0.2) is 64.4 Å². The summed E-state index contributed by atoms with van der Waals surface area (Å²) in [5.41, 5.74) is 1.26. The Kier molecular flexibility index (Phi) is 6.00. The Hall–Kier alpha value is -3.20. The zero-order valence-electron chi connectivity index (χ0n) is 19.2. The second-order valence-electron chi connectivity index (χ2n) is 9.50. The molecule has 1 fully saturated rings. The molecule has 2 amide bonds. The monoisotopic (exact) mass is 457 g/mol. The zero-order valence-corrected chi connectivity index (χ0v) is 19.2. The van der Waals surface area contributed by atoms with Crippen molar-refractivity contribution in [2.24, 2.45) is 0 Å². The van der Waals surface area contributed by atoms with Gasteiger partial charge in [0.05, 0.1) is 12.1 Å². The van der Waals surface area contributed by atoms with Gasteiger partial charge >= 0.3 is 6.09 Å². The molecule has 1 atom stereocenters. The molecule has 3 heterocycles. The fraction of sp³-hybridized carbons (Fsp3) is 0.458. The molecule has 33 heavy (non-hydrogen) atoms. The molecule has 1 saturated heterocycles. The third-order valence-corrected chi connectivity index (χ3v) is 5.46. The molecule has 0 bridgehead atoms. The van der Waals surface area contributed by atoms with Crippen molar-refractivity contribution in [3.63, 3.8) is 0 Å². The summed E-state index contributed by atoms with van der Waals surface area (Å²) in [4.78, 5) is 33.6. The molecular weight excluding hydrogens is 429 g/mol. The maximum Gasteiger partial charge on any atom is 0.415 e. The number of likely N-dealkylation sites (tertiary alicyclic amines) is 1. The predicted molar refractivity (Wildman–Crippen MR) is 119 cm³/mol. The van der Waals surface area contributed by atoms with Crippen LogP contribution in [0, 0.1) is 5.82 Å². The minimum atomic E-state index is -0.687. The summed E-state index contributed by atoms with van der Waals surface area (Å²) in [5, 5.41) is 9.62. The van der Waals surface area contributed by atoms with Gasteiger partial charge in [-0.1, -0.05) is 12.1 Å². The van der Waals surface area contributed by atoms with Crippen LogP contribution in [0.2, 0.25) is 0 Å². The van der Waals surface area contributed by atoms with Gasteiger partial charge in [-0.25, -0.2) is 14.2 Å². The summed E-state index contributed by atoms with van der Waals surface area (Å²) >= 11 is 0. The molecule has 0 saturated carbocycles. The van der Waals surface area contributed by atoms with E-state index in [2.05, 4.69) is 4.98 Å². The highest BCUT2D eigenvalue weighted by Crippen LogP contribution is 2.36. The number of β-amino-alcohol motifs (C(OH)–C–C–N with tert-alkyl or cyclic N) is 1. The number of aliphatic hydroxyl groups excluding tert-OH is 1. The van der Waals surface area contributed by atoms with Crippen LogP contribution in [0.1, 0.15) is 49.3 Å². The standard InChI is InChI=1S/C24H28FN3O5/c1-14-13-32-21-19(28(14)23(31)33-24(2,3)4)10-16(9-15-5-7-17(25)8-6-15)20(26-21)22(30)27-11-18(29)12-27/h5-8,10,14,18,29H,9,11-13H2,1-4H3/t14-/m0/s1. The SMILES string of the molecule is C[C@H]1COc2nc(C(=O)N3CC(O)C3)c(Cc3ccc(F)cc3)cc2N1C(=O)OC(C)(C)C. The first kappa shape index (κ1) is 23.0. The Morgan fingerprint density at radius 1 is 1.24 bits per heavy atom. The Morgan fingerprint density at radius 3 is 2.52 bits per heavy atom. The molecule has 0 aliphatic carbocycles. The number of hydrogen-bond acceptors (Lipinski definition) is 6. The van der Waals surface area contributed by atoms with Crippen LogP contribution in [0.4, 0.5) is 14.9 Å². The lowest BCUT2D eigenvalue weighted by Crippen LogP contribution is -2.54. The van der Waals surface area contributed by atoms with Crippen molar-refractivity contribution in [3.05, 3.63) is 53.0 Å². The topological polar surface area (TPSA) is 92.2 Å². The minimum Gasteiger partial charge on any atom is -0.474 e. The van der Waals surface area contributed by atoms with Gasteiger partial charge in [0, 0.05) is 13.1 Å². The number of carbonyl (C=O) groups excluding carboxylic acids is 2. The average molecular weight is 458 g/mol. The second kappa shape index (κ2) is 8.62. The summed E-state index contributed by atoms with van der Waals surface area (Å²) in [6, 6.07) is 7.40. The van der Waals surface area contributed by atoms with Crippen LogP contribution in [-0.2, 0) is 11.2 Å². The van der Waals surface area contributed by atoms with E-state index in [1.807, 2.05) is 6.92 Å². The van der Waals surface area contributed by atoms with Crippen LogP contribution in [0.15, 0.2) is 30.3 Å². The lowest BCUT2D eigenvalue weighted by Gasteiger charge is -2.37. The fourth-order valence-corrected chi connectivity index (χ4v) is 3.82. The first-order chi connectivity index (χ1) is 15.5. The van der Waals surface area contributed by atoms with E-state index in [9.17, 15) is 19.1 Å². The number of aliphatic hydroxyl groups is 1. The Labute approximate surface area is 191 Å². The molecule has 4 rings (SSSR count). The maximum absolute atomic E-state index is 13.4. The van der Waals surface area contributed by atoms with Crippen molar-refractivity contribution in [1.82, 2.24) is 9.88 Å². The Bertz CT molecular complexity index is 1060. The molecule has 2 aliphatic rings. The quantitative estimate of drug-likeness (QED) is 0.761. The van der Waals surface area contributed by atoms with Crippen LogP contribution < -0.4 is 9.64 Å². The van der Waals surface area contributed by atoms with Crippen LogP contribution >= 0.6 is 0 Å². The average Bonchev–Trinajstić information content (AvgIpc) is 2.70. The summed E-state index contributed by atoms with van der Waals surface area (Å²) < 4.78 is 24.8. The van der Waals surface area contributed by atoms with Crippen molar-refractivity contribution in [1.29, 1.82) is 0 Å². The van der Waals surface area contributed by atoms with E-state index in [4.69, 9.17) is 9.47 Å². The number of ether oxygens (including phenoxy) is 2. The predicted octanol–water partition coefficient (Wildman–Crippen LogP) is 3.15. The Balaban J connectivity index is 1.76. The van der Waals surface area contributed by atoms with E-state index in [0.29, 0.717) is 17.7 Å². The van der Waals surface area contributed by atoms with Crippen LogP contribution in [0.5, 0.6) is 5.88 Å². The number of nitrogens with zero attached hydrogens (tertiary/aromatic N) is 3. The number of pyridine rings is 1. The summed E-state index contributed by atoms with van der Waals surface area (Å²) in [7, 11) is 0. The number of carbonyl (C=O) groups is 2. The summed E-state index contributed by atoms with van der Waals surface area (Å²) in [6.45, 7) is 7.87. The number of fused-ring (bicyclic) bond motifs is 1. The van der Waals surface area contributed by atoms with E-state index in [0.717, 1.165) is 5.56 Å². The first-order valence-corrected chi connectivity index (χ1v) is 10.9. The normalized spacial score (nSPS) is 18.3. The number of anilines is 1. The van der Waals surface area contributed by atoms with Gasteiger partial charge in [-0.2, -0.15) is 0 Å². The molecule has 8 nitrogen and oxygen atoms in total. The van der Waals surface area contributed by atoms with Gasteiger partial charge in [0.1, 0.15) is 29.4 Å². The van der Waals surface area contributed by atoms with Crippen molar-refractivity contribution in [2.45, 2.75) is 51.9 Å². The van der Waals surface area contributed by atoms with Crippen molar-refractivity contribution in [2.75, 3.05) is 24.6 Å². The summed E-state index contributed by atoms with van der Waals surface area (Å²) in [6.07, 6.45) is -0.778. The highest BCUT2D eigenvalue weighted by Gasteiger charge is 2.37. The molecule has 9 heteroatoms. The number of benzene rings is 1. The number of hydrogen-bond donors (Lipinski definition) is 1. The second-order valence-corrected chi connectivity index (χ2v) is 9.50. The van der Waals surface area contributed by atoms with Gasteiger partial charge in [0.15, 0.2) is 0 Å². The lowest BCUT2D eigenvalue weighted by molar-refractivity contribution is 0.00537. The van der Waals surface area contributed by atoms with Gasteiger partial charge < -0.3 is 19.5 Å². The summed E-state index contributed by atoms with van der Waals surface area (Å²) in [5.74, 6) is -0.510. The zero-order chi connectivity index (χ0) is 23.9. The van der Waals surface area contributed by atoms with Crippen molar-refractivity contribution < 1.29 is 28.6 Å². The van der Waals surface area contributed by atoms with Crippen molar-refractivity contribution in [3.8, 4) is 5.88 Å². The number of amides is 2. The molecule has 0 unspecified atom stereocenters. The van der Waals surface area contributed by atoms with E-state index < -0.39 is 17.8 Å². The largest absolute Gasteiger partial charge is 0.474 e. The lowest BCUT2D eigenvalue weighted by atomic mass is 10.00. The van der Waals surface area contributed by atoms with E-state index in [1.165, 1.54) is 21.9 Å². The maximum atomic E-state index is 13.4. The molecule has 1 aromatic heterocycles. The molecule has 0 spiro atoms. The first-order valence-electron chi connectivity index (χ1n) is 10.9. The molecule has 0 radical (unpaired) electrons. The number of halogens is 1. The molecule has 2 aromatic rings. The molecule has 1 N–H and O–H groups in total. The number of aromatic nitrogens is 1. The van der Waals surface area contributed by atoms with E-state index >= 15 is 0 Å². The van der Waals surface area contributed by atoms with Crippen LogP contribution in [0.3, 0.4) is 0 Å². The smallest absolute Gasteiger partial charge is 0.415 e. The molecule has 1 aromatic carbocycles. The number of rotatable bonds is 3. The molecule has 176 valence electrons. The van der Waals surface area contributed by atoms with E-state index in [-0.39, 0.29) is 49.0 Å². The molecular formula is C24H28FN3O5. The van der Waals surface area contributed by atoms with Gasteiger partial charge in [-0.15, -0.1) is 0 Å².